The first-order valence-corrected chi connectivity index (χ1v) is 16.1. The molecule has 3 saturated heterocycles. The third kappa shape index (κ3) is 5.22. The molecule has 0 aliphatic carbocycles. The van der Waals surface area contributed by atoms with Crippen LogP contribution in [0.15, 0.2) is 86.0 Å². The first-order chi connectivity index (χ1) is 20.7. The molecule has 0 saturated carbocycles. The number of thioether (sulfide) groups is 1. The summed E-state index contributed by atoms with van der Waals surface area (Å²) in [6.07, 6.45) is 4.57. The van der Waals surface area contributed by atoms with E-state index in [1.54, 1.807) is 38.6 Å². The Labute approximate surface area is 259 Å². The maximum absolute atomic E-state index is 14.8. The normalized spacial score (nSPS) is 28.1. The highest BCUT2D eigenvalue weighted by Gasteiger charge is 2.77. The molecule has 2 aromatic carbocycles. The molecule has 1 N–H and O–H groups in total. The molecular formula is C35H43N3O4S. The number of nitrogens with zero attached hydrogens (tertiary/aromatic N) is 3. The lowest BCUT2D eigenvalue weighted by molar-refractivity contribution is -0.146. The van der Waals surface area contributed by atoms with Crippen molar-refractivity contribution >= 4 is 35.2 Å². The van der Waals surface area contributed by atoms with E-state index in [2.05, 4.69) is 20.1 Å². The average Bonchev–Trinajstić information content (AvgIpc) is 3.61. The maximum Gasteiger partial charge on any atom is 0.247 e. The Hall–Kier alpha value is -3.36. The number of para-hydroxylation sites is 1. The second-order valence-electron chi connectivity index (χ2n) is 12.3. The monoisotopic (exact) mass is 601 g/mol. The minimum absolute atomic E-state index is 0.0258. The van der Waals surface area contributed by atoms with Gasteiger partial charge in [-0.05, 0) is 50.3 Å². The van der Waals surface area contributed by atoms with Gasteiger partial charge in [-0.1, -0.05) is 67.6 Å². The number of amides is 3. The zero-order chi connectivity index (χ0) is 30.9. The summed E-state index contributed by atoms with van der Waals surface area (Å²) in [5.74, 6) is -1.70. The number of aliphatic hydroxyl groups excluding tert-OH is 1. The zero-order valence-corrected chi connectivity index (χ0v) is 26.2. The highest BCUT2D eigenvalue weighted by Crippen LogP contribution is 2.69. The van der Waals surface area contributed by atoms with Gasteiger partial charge in [-0.3, -0.25) is 14.4 Å². The van der Waals surface area contributed by atoms with Crippen molar-refractivity contribution in [2.24, 2.45) is 17.8 Å². The van der Waals surface area contributed by atoms with Crippen LogP contribution in [0.2, 0.25) is 0 Å². The molecule has 3 heterocycles. The highest BCUT2D eigenvalue weighted by molar-refractivity contribution is 8.02. The number of carbonyl (C=O) groups is 3. The first kappa shape index (κ1) is 31.1. The lowest BCUT2D eigenvalue weighted by atomic mass is 9.65. The molecule has 3 aliphatic rings. The minimum Gasteiger partial charge on any atom is -0.394 e. The lowest BCUT2D eigenvalue weighted by Crippen LogP contribution is -2.60. The molecular weight excluding hydrogens is 558 g/mol. The van der Waals surface area contributed by atoms with Crippen molar-refractivity contribution in [3.63, 3.8) is 0 Å². The van der Waals surface area contributed by atoms with Gasteiger partial charge in [0, 0.05) is 30.1 Å². The van der Waals surface area contributed by atoms with E-state index in [0.29, 0.717) is 19.5 Å². The van der Waals surface area contributed by atoms with Gasteiger partial charge in [0.05, 0.1) is 29.2 Å². The molecule has 0 radical (unpaired) electrons. The fourth-order valence-electron chi connectivity index (χ4n) is 7.64. The SMILES string of the molecule is C=CCN(C(=O)[C@@H]1[C@@H]2CC(C)C3(S2)C(C(=O)N(CC=C)C(C)C)N([C@@H](CO)Cc2ccccc2)C(=O)[C@H]13)c1ccccc1. The van der Waals surface area contributed by atoms with E-state index in [4.69, 9.17) is 0 Å². The van der Waals surface area contributed by atoms with Crippen molar-refractivity contribution in [2.45, 2.75) is 61.7 Å². The van der Waals surface area contributed by atoms with Gasteiger partial charge >= 0.3 is 0 Å². The number of likely N-dealkylation sites (tertiary alicyclic amines) is 1. The number of hydrogen-bond acceptors (Lipinski definition) is 5. The van der Waals surface area contributed by atoms with E-state index in [0.717, 1.165) is 17.7 Å². The predicted octanol–water partition coefficient (Wildman–Crippen LogP) is 4.57. The molecule has 8 heteroatoms. The van der Waals surface area contributed by atoms with Crippen molar-refractivity contribution in [1.29, 1.82) is 0 Å². The molecule has 2 aromatic rings. The van der Waals surface area contributed by atoms with Gasteiger partial charge in [-0.25, -0.2) is 0 Å². The average molecular weight is 602 g/mol. The van der Waals surface area contributed by atoms with Gasteiger partial charge in [0.25, 0.3) is 0 Å². The molecule has 5 rings (SSSR count). The van der Waals surface area contributed by atoms with Crippen molar-refractivity contribution < 1.29 is 19.5 Å². The summed E-state index contributed by atoms with van der Waals surface area (Å²) in [7, 11) is 0. The van der Waals surface area contributed by atoms with E-state index >= 15 is 0 Å². The maximum atomic E-state index is 14.8. The molecule has 3 fully saturated rings. The number of benzene rings is 2. The predicted molar refractivity (Wildman–Crippen MR) is 173 cm³/mol. The van der Waals surface area contributed by atoms with Gasteiger partial charge in [0.1, 0.15) is 6.04 Å². The molecule has 228 valence electrons. The van der Waals surface area contributed by atoms with Gasteiger partial charge < -0.3 is 19.8 Å². The fourth-order valence-corrected chi connectivity index (χ4v) is 10.0. The van der Waals surface area contributed by atoms with Crippen LogP contribution < -0.4 is 4.90 Å². The Morgan fingerprint density at radius 2 is 1.67 bits per heavy atom. The molecule has 2 bridgehead atoms. The Morgan fingerprint density at radius 1 is 1.05 bits per heavy atom. The summed E-state index contributed by atoms with van der Waals surface area (Å²) in [5.41, 5.74) is 1.73. The Bertz CT molecular complexity index is 1350. The van der Waals surface area contributed by atoms with Crippen LogP contribution in [-0.4, -0.2) is 80.4 Å². The van der Waals surface area contributed by atoms with Crippen LogP contribution in [0.5, 0.6) is 0 Å². The zero-order valence-electron chi connectivity index (χ0n) is 25.3. The van der Waals surface area contributed by atoms with Crippen LogP contribution in [0, 0.1) is 17.8 Å². The second-order valence-corrected chi connectivity index (χ2v) is 13.8. The summed E-state index contributed by atoms with van der Waals surface area (Å²) < 4.78 is -0.784. The molecule has 0 aromatic heterocycles. The third-order valence-electron chi connectivity index (χ3n) is 9.50. The standard InChI is InChI=1S/C35H43N3O4S/c1-6-18-36(23(3)4)34(42)31-35-24(5)20-28(43-35)29(32(40)37(19-7-2)26-16-12-9-13-17-26)30(35)33(41)38(31)27(22-39)21-25-14-10-8-11-15-25/h6-17,23-24,27-31,39H,1-2,18-22H2,3-5H3/t24?,27-,28+,29-,30+,31?,35?/m1/s1. The number of aliphatic hydroxyl groups is 1. The van der Waals surface area contributed by atoms with E-state index < -0.39 is 28.7 Å². The Kier molecular flexibility index (Phi) is 9.18. The molecule has 7 nitrogen and oxygen atoms in total. The number of anilines is 1. The minimum atomic E-state index is -0.805. The van der Waals surface area contributed by atoms with Gasteiger partial charge in [-0.15, -0.1) is 24.9 Å². The molecule has 3 unspecified atom stereocenters. The largest absolute Gasteiger partial charge is 0.394 e. The van der Waals surface area contributed by atoms with Gasteiger partial charge in [0.15, 0.2) is 0 Å². The summed E-state index contributed by atoms with van der Waals surface area (Å²) in [5, 5.41) is 10.7. The summed E-state index contributed by atoms with van der Waals surface area (Å²) >= 11 is 1.66. The van der Waals surface area contributed by atoms with Crippen LogP contribution >= 0.6 is 11.8 Å². The van der Waals surface area contributed by atoms with Crippen LogP contribution in [0.25, 0.3) is 0 Å². The van der Waals surface area contributed by atoms with E-state index in [1.807, 2.05) is 74.5 Å². The van der Waals surface area contributed by atoms with Gasteiger partial charge in [0.2, 0.25) is 17.7 Å². The molecule has 7 atom stereocenters. The number of hydrogen-bond donors (Lipinski definition) is 1. The molecule has 1 spiro atoms. The molecule has 43 heavy (non-hydrogen) atoms. The lowest BCUT2D eigenvalue weighted by Gasteiger charge is -2.43. The Balaban J connectivity index is 1.62. The number of carbonyl (C=O) groups excluding carboxylic acids is 3. The smallest absolute Gasteiger partial charge is 0.247 e. The molecule has 3 amide bonds. The Morgan fingerprint density at radius 3 is 2.26 bits per heavy atom. The topological polar surface area (TPSA) is 81.2 Å². The number of fused-ring (bicyclic) bond motifs is 1. The van der Waals surface area contributed by atoms with Gasteiger partial charge in [-0.2, -0.15) is 0 Å². The van der Waals surface area contributed by atoms with E-state index in [9.17, 15) is 19.5 Å². The molecule has 3 aliphatic heterocycles. The van der Waals surface area contributed by atoms with E-state index in [1.165, 1.54) is 0 Å². The first-order valence-electron chi connectivity index (χ1n) is 15.2. The summed E-state index contributed by atoms with van der Waals surface area (Å²) in [6.45, 7) is 14.2. The van der Waals surface area contributed by atoms with Crippen LogP contribution in [0.1, 0.15) is 32.8 Å². The van der Waals surface area contributed by atoms with Crippen LogP contribution in [0.4, 0.5) is 5.69 Å². The number of rotatable bonds is 12. The fraction of sp³-hybridized carbons (Fsp3) is 0.457. The van der Waals surface area contributed by atoms with Crippen LogP contribution in [0.3, 0.4) is 0 Å². The second kappa shape index (κ2) is 12.7. The van der Waals surface area contributed by atoms with E-state index in [-0.39, 0.29) is 41.5 Å². The summed E-state index contributed by atoms with van der Waals surface area (Å²) in [4.78, 5) is 49.2. The quantitative estimate of drug-likeness (QED) is 0.361. The third-order valence-corrected chi connectivity index (χ3v) is 11.6. The van der Waals surface area contributed by atoms with Crippen LogP contribution in [-0.2, 0) is 20.8 Å². The van der Waals surface area contributed by atoms with Crippen molar-refractivity contribution in [2.75, 3.05) is 24.6 Å². The van der Waals surface area contributed by atoms with Crippen molar-refractivity contribution in [3.8, 4) is 0 Å². The summed E-state index contributed by atoms with van der Waals surface area (Å²) in [6, 6.07) is 17.7. The highest BCUT2D eigenvalue weighted by atomic mass is 32.2. The van der Waals surface area contributed by atoms with Crippen molar-refractivity contribution in [1.82, 2.24) is 9.80 Å². The van der Waals surface area contributed by atoms with Crippen molar-refractivity contribution in [3.05, 3.63) is 91.5 Å².